The summed E-state index contributed by atoms with van der Waals surface area (Å²) in [5, 5.41) is 10.1. The number of piperidine rings is 1. The molecule has 1 heterocycles. The zero-order valence-corrected chi connectivity index (χ0v) is 12.1. The molecule has 0 radical (unpaired) electrons. The Labute approximate surface area is 115 Å². The molecule has 2 amide bonds. The third kappa shape index (κ3) is 3.16. The second kappa shape index (κ2) is 5.23. The van der Waals surface area contributed by atoms with Gasteiger partial charge in [-0.3, -0.25) is 14.5 Å². The average molecular weight is 267 g/mol. The minimum atomic E-state index is -0.970. The van der Waals surface area contributed by atoms with Crippen molar-refractivity contribution < 1.29 is 14.7 Å². The van der Waals surface area contributed by atoms with Gasteiger partial charge in [0, 0.05) is 12.8 Å². The van der Waals surface area contributed by atoms with E-state index in [1.807, 2.05) is 6.92 Å². The van der Waals surface area contributed by atoms with Gasteiger partial charge in [0.05, 0.1) is 12.1 Å². The van der Waals surface area contributed by atoms with E-state index in [2.05, 4.69) is 0 Å². The molecule has 108 valence electrons. The Hall–Kier alpha value is -0.900. The van der Waals surface area contributed by atoms with Gasteiger partial charge < -0.3 is 5.11 Å². The molecule has 2 aliphatic rings. The van der Waals surface area contributed by atoms with Crippen LogP contribution >= 0.6 is 0 Å². The Morgan fingerprint density at radius 3 is 2.16 bits per heavy atom. The number of hydrogen-bond donors (Lipinski definition) is 1. The van der Waals surface area contributed by atoms with Crippen LogP contribution in [0.4, 0.5) is 0 Å². The molecule has 1 atom stereocenters. The Balaban J connectivity index is 2.07. The summed E-state index contributed by atoms with van der Waals surface area (Å²) >= 11 is 0. The first-order valence-corrected chi connectivity index (χ1v) is 7.43. The van der Waals surface area contributed by atoms with E-state index >= 15 is 0 Å². The van der Waals surface area contributed by atoms with Gasteiger partial charge in [-0.25, -0.2) is 0 Å². The molecule has 0 aromatic carbocycles. The number of hydrogen-bond acceptors (Lipinski definition) is 3. The molecule has 0 aromatic heterocycles. The van der Waals surface area contributed by atoms with Crippen molar-refractivity contribution in [3.63, 3.8) is 0 Å². The standard InChI is InChI=1S/C15H25NO3/c1-3-14(2,19)11-16-12(17)9-15(10-13(16)18)7-5-4-6-8-15/h19H,3-11H2,1-2H3. The van der Waals surface area contributed by atoms with Gasteiger partial charge in [-0.05, 0) is 31.6 Å². The number of carbonyl (C=O) groups excluding carboxylic acids is 2. The Morgan fingerprint density at radius 2 is 1.68 bits per heavy atom. The Kier molecular flexibility index (Phi) is 4.00. The highest BCUT2D eigenvalue weighted by Gasteiger charge is 2.45. The molecule has 2 fully saturated rings. The van der Waals surface area contributed by atoms with Crippen LogP contribution in [-0.4, -0.2) is 34.0 Å². The molecular formula is C15H25NO3. The van der Waals surface area contributed by atoms with E-state index in [0.717, 1.165) is 25.7 Å². The van der Waals surface area contributed by atoms with Crippen LogP contribution in [0.1, 0.15) is 65.2 Å². The molecule has 4 heteroatoms. The minimum absolute atomic E-state index is 0.0685. The summed E-state index contributed by atoms with van der Waals surface area (Å²) in [5.41, 5.74) is -1.04. The number of rotatable bonds is 3. The van der Waals surface area contributed by atoms with E-state index in [1.54, 1.807) is 6.92 Å². The minimum Gasteiger partial charge on any atom is -0.388 e. The van der Waals surface area contributed by atoms with Gasteiger partial charge in [0.2, 0.25) is 11.8 Å². The lowest BCUT2D eigenvalue weighted by Gasteiger charge is -2.43. The molecule has 1 unspecified atom stereocenters. The monoisotopic (exact) mass is 267 g/mol. The van der Waals surface area contributed by atoms with E-state index < -0.39 is 5.60 Å². The number of aliphatic hydroxyl groups is 1. The van der Waals surface area contributed by atoms with E-state index in [-0.39, 0.29) is 23.8 Å². The summed E-state index contributed by atoms with van der Waals surface area (Å²) in [4.78, 5) is 25.8. The molecule has 19 heavy (non-hydrogen) atoms. The first-order valence-electron chi connectivity index (χ1n) is 7.43. The van der Waals surface area contributed by atoms with Gasteiger partial charge in [-0.2, -0.15) is 0 Å². The molecule has 0 bridgehead atoms. The van der Waals surface area contributed by atoms with E-state index in [4.69, 9.17) is 0 Å². The van der Waals surface area contributed by atoms with Crippen molar-refractivity contribution in [3.8, 4) is 0 Å². The van der Waals surface area contributed by atoms with Gasteiger partial charge in [0.25, 0.3) is 0 Å². The van der Waals surface area contributed by atoms with Gasteiger partial charge in [-0.1, -0.05) is 26.2 Å². The van der Waals surface area contributed by atoms with Crippen molar-refractivity contribution in [1.29, 1.82) is 0 Å². The predicted octanol–water partition coefficient (Wildman–Crippen LogP) is 2.25. The van der Waals surface area contributed by atoms with Crippen LogP contribution in [-0.2, 0) is 9.59 Å². The lowest BCUT2D eigenvalue weighted by molar-refractivity contribution is -0.158. The number of imide groups is 1. The Bertz CT molecular complexity index is 350. The largest absolute Gasteiger partial charge is 0.388 e. The molecule has 1 saturated carbocycles. The van der Waals surface area contributed by atoms with Crippen molar-refractivity contribution in [3.05, 3.63) is 0 Å². The third-order valence-corrected chi connectivity index (χ3v) is 4.83. The Morgan fingerprint density at radius 1 is 1.16 bits per heavy atom. The highest BCUT2D eigenvalue weighted by Crippen LogP contribution is 2.45. The molecule has 1 aliphatic heterocycles. The molecule has 0 aromatic rings. The molecular weight excluding hydrogens is 242 g/mol. The van der Waals surface area contributed by atoms with Gasteiger partial charge in [0.15, 0.2) is 0 Å². The summed E-state index contributed by atoms with van der Waals surface area (Å²) in [5.74, 6) is -0.182. The van der Waals surface area contributed by atoms with Crippen molar-refractivity contribution in [1.82, 2.24) is 4.90 Å². The quantitative estimate of drug-likeness (QED) is 0.798. The fourth-order valence-corrected chi connectivity index (χ4v) is 3.32. The second-order valence-corrected chi connectivity index (χ2v) is 6.64. The molecule has 1 aliphatic carbocycles. The summed E-state index contributed by atoms with van der Waals surface area (Å²) in [7, 11) is 0. The first kappa shape index (κ1) is 14.5. The van der Waals surface area contributed by atoms with Crippen LogP contribution in [0.3, 0.4) is 0 Å². The number of likely N-dealkylation sites (tertiary alicyclic amines) is 1. The zero-order chi connectivity index (χ0) is 14.1. The van der Waals surface area contributed by atoms with Crippen LogP contribution in [0.15, 0.2) is 0 Å². The number of amides is 2. The molecule has 2 rings (SSSR count). The van der Waals surface area contributed by atoms with Crippen LogP contribution in [0.2, 0.25) is 0 Å². The zero-order valence-electron chi connectivity index (χ0n) is 12.1. The normalized spacial score (nSPS) is 26.6. The van der Waals surface area contributed by atoms with E-state index in [0.29, 0.717) is 19.3 Å². The highest BCUT2D eigenvalue weighted by molar-refractivity contribution is 5.98. The van der Waals surface area contributed by atoms with Gasteiger partial charge in [0.1, 0.15) is 0 Å². The smallest absolute Gasteiger partial charge is 0.229 e. The van der Waals surface area contributed by atoms with Crippen molar-refractivity contribution >= 4 is 11.8 Å². The van der Waals surface area contributed by atoms with Crippen LogP contribution in [0.25, 0.3) is 0 Å². The molecule has 1 N–H and O–H groups in total. The summed E-state index contributed by atoms with van der Waals surface area (Å²) in [6.45, 7) is 3.68. The van der Waals surface area contributed by atoms with Gasteiger partial charge in [-0.15, -0.1) is 0 Å². The van der Waals surface area contributed by atoms with Gasteiger partial charge >= 0.3 is 0 Å². The van der Waals surface area contributed by atoms with E-state index in [1.165, 1.54) is 11.3 Å². The maximum Gasteiger partial charge on any atom is 0.229 e. The summed E-state index contributed by atoms with van der Waals surface area (Å²) in [6.07, 6.45) is 7.00. The van der Waals surface area contributed by atoms with Crippen molar-refractivity contribution in [2.75, 3.05) is 6.54 Å². The number of β-amino-alcohol motifs (C(OH)–C–C–N with tert-alkyl or cyclic N) is 1. The first-order chi connectivity index (χ1) is 8.87. The third-order valence-electron chi connectivity index (χ3n) is 4.83. The topological polar surface area (TPSA) is 57.6 Å². The molecule has 1 spiro atoms. The maximum atomic E-state index is 12.3. The summed E-state index contributed by atoms with van der Waals surface area (Å²) < 4.78 is 0. The van der Waals surface area contributed by atoms with Crippen LogP contribution in [0, 0.1) is 5.41 Å². The molecule has 4 nitrogen and oxygen atoms in total. The fourth-order valence-electron chi connectivity index (χ4n) is 3.32. The number of carbonyl (C=O) groups is 2. The fraction of sp³-hybridized carbons (Fsp3) is 0.867. The predicted molar refractivity (Wildman–Crippen MR) is 72.4 cm³/mol. The van der Waals surface area contributed by atoms with Crippen molar-refractivity contribution in [2.45, 2.75) is 70.8 Å². The van der Waals surface area contributed by atoms with Crippen LogP contribution < -0.4 is 0 Å². The maximum absolute atomic E-state index is 12.3. The summed E-state index contributed by atoms with van der Waals surface area (Å²) in [6, 6.07) is 0. The second-order valence-electron chi connectivity index (χ2n) is 6.64. The lowest BCUT2D eigenvalue weighted by atomic mass is 9.67. The molecule has 1 saturated heterocycles. The SMILES string of the molecule is CCC(C)(O)CN1C(=O)CC2(CCCCC2)CC1=O. The highest BCUT2D eigenvalue weighted by atomic mass is 16.3. The lowest BCUT2D eigenvalue weighted by Crippen LogP contribution is -2.53. The van der Waals surface area contributed by atoms with E-state index in [9.17, 15) is 14.7 Å². The van der Waals surface area contributed by atoms with Crippen LogP contribution in [0.5, 0.6) is 0 Å². The number of nitrogens with zero attached hydrogens (tertiary/aromatic N) is 1. The van der Waals surface area contributed by atoms with Crippen molar-refractivity contribution in [2.24, 2.45) is 5.41 Å². The average Bonchev–Trinajstić information content (AvgIpc) is 2.35.